The largest absolute Gasteiger partial charge is 0.465 e. The highest BCUT2D eigenvalue weighted by Crippen LogP contribution is 2.28. The number of benzene rings is 1. The van der Waals surface area contributed by atoms with Gasteiger partial charge in [-0.05, 0) is 29.3 Å². The van der Waals surface area contributed by atoms with Crippen LogP contribution in [0.4, 0.5) is 9.93 Å². The molecular formula is C19H18N4O4S. The molecule has 0 aliphatic heterocycles. The first-order valence-corrected chi connectivity index (χ1v) is 9.20. The van der Waals surface area contributed by atoms with Gasteiger partial charge in [-0.2, -0.15) is 0 Å². The van der Waals surface area contributed by atoms with Crippen molar-refractivity contribution in [3.05, 3.63) is 54.2 Å². The highest BCUT2D eigenvalue weighted by atomic mass is 32.1. The Bertz CT molecular complexity index is 961. The lowest BCUT2D eigenvalue weighted by molar-refractivity contribution is -0.119. The van der Waals surface area contributed by atoms with E-state index in [9.17, 15) is 9.59 Å². The Morgan fingerprint density at radius 2 is 1.93 bits per heavy atom. The van der Waals surface area contributed by atoms with Crippen molar-refractivity contribution in [1.29, 1.82) is 0 Å². The molecule has 3 aromatic rings. The number of aromatic nitrogens is 2. The van der Waals surface area contributed by atoms with E-state index in [0.29, 0.717) is 10.8 Å². The van der Waals surface area contributed by atoms with Gasteiger partial charge in [-0.3, -0.25) is 9.78 Å². The van der Waals surface area contributed by atoms with E-state index in [2.05, 4.69) is 20.6 Å². The third-order valence-corrected chi connectivity index (χ3v) is 4.61. The molecule has 144 valence electrons. The van der Waals surface area contributed by atoms with Gasteiger partial charge in [-0.25, -0.2) is 9.78 Å². The van der Waals surface area contributed by atoms with E-state index in [1.165, 1.54) is 18.4 Å². The van der Waals surface area contributed by atoms with Gasteiger partial charge in [0.05, 0.1) is 12.3 Å². The Hall–Kier alpha value is -3.30. The van der Waals surface area contributed by atoms with Crippen LogP contribution in [0.1, 0.15) is 0 Å². The van der Waals surface area contributed by atoms with Crippen molar-refractivity contribution in [2.24, 2.45) is 0 Å². The maximum atomic E-state index is 12.3. The van der Waals surface area contributed by atoms with Gasteiger partial charge in [0.1, 0.15) is 6.04 Å². The maximum absolute atomic E-state index is 12.3. The number of nitrogens with zero attached hydrogens (tertiary/aromatic N) is 2. The van der Waals surface area contributed by atoms with Crippen molar-refractivity contribution in [3.8, 4) is 22.4 Å². The number of carboxylic acid groups (broad SMARTS) is 1. The topological polar surface area (TPSA) is 113 Å². The fourth-order valence-corrected chi connectivity index (χ4v) is 3.28. The quantitative estimate of drug-likeness (QED) is 0.564. The summed E-state index contributed by atoms with van der Waals surface area (Å²) in [6.45, 7) is -0.0790. The highest BCUT2D eigenvalue weighted by Gasteiger charge is 2.21. The number of anilines is 1. The lowest BCUT2D eigenvalue weighted by Crippen LogP contribution is -2.46. The van der Waals surface area contributed by atoms with Crippen LogP contribution in [0.2, 0.25) is 0 Å². The molecule has 0 fully saturated rings. The zero-order valence-corrected chi connectivity index (χ0v) is 15.8. The number of pyridine rings is 1. The molecule has 0 saturated heterocycles. The molecule has 2 amide bonds. The molecule has 8 nitrogen and oxygen atoms in total. The van der Waals surface area contributed by atoms with E-state index in [1.807, 2.05) is 41.8 Å². The van der Waals surface area contributed by atoms with Crippen LogP contribution in [0, 0.1) is 0 Å². The van der Waals surface area contributed by atoms with Gasteiger partial charge in [0.25, 0.3) is 5.91 Å². The summed E-state index contributed by atoms with van der Waals surface area (Å²) in [5.41, 5.74) is 3.70. The molecule has 3 N–H and O–H groups in total. The van der Waals surface area contributed by atoms with Crippen LogP contribution in [0.5, 0.6) is 0 Å². The number of rotatable bonds is 7. The van der Waals surface area contributed by atoms with Crippen molar-refractivity contribution in [3.63, 3.8) is 0 Å². The number of hydrogen-bond acceptors (Lipinski definition) is 6. The minimum atomic E-state index is -1.30. The Morgan fingerprint density at radius 1 is 1.18 bits per heavy atom. The van der Waals surface area contributed by atoms with Gasteiger partial charge < -0.3 is 20.5 Å². The number of carbonyl (C=O) groups excluding carboxylic acids is 1. The van der Waals surface area contributed by atoms with Gasteiger partial charge in [-0.15, -0.1) is 11.3 Å². The molecule has 28 heavy (non-hydrogen) atoms. The zero-order chi connectivity index (χ0) is 19.9. The third-order valence-electron chi connectivity index (χ3n) is 3.85. The Balaban J connectivity index is 1.75. The van der Waals surface area contributed by atoms with E-state index in [0.717, 1.165) is 16.7 Å². The predicted molar refractivity (Wildman–Crippen MR) is 106 cm³/mol. The normalized spacial score (nSPS) is 11.6. The van der Waals surface area contributed by atoms with E-state index in [4.69, 9.17) is 9.84 Å². The Kier molecular flexibility index (Phi) is 6.30. The molecule has 0 radical (unpaired) electrons. The van der Waals surface area contributed by atoms with Gasteiger partial charge in [0, 0.05) is 30.4 Å². The maximum Gasteiger partial charge on any atom is 0.405 e. The van der Waals surface area contributed by atoms with Crippen LogP contribution in [0.25, 0.3) is 22.4 Å². The van der Waals surface area contributed by atoms with Crippen LogP contribution in [-0.4, -0.2) is 46.8 Å². The summed E-state index contributed by atoms with van der Waals surface area (Å²) in [7, 11) is 1.39. The summed E-state index contributed by atoms with van der Waals surface area (Å²) in [4.78, 5) is 31.5. The first-order valence-electron chi connectivity index (χ1n) is 8.32. The molecule has 1 aromatic carbocycles. The fourth-order valence-electron chi connectivity index (χ4n) is 2.56. The molecule has 0 aliphatic rings. The molecule has 9 heteroatoms. The second-order valence-electron chi connectivity index (χ2n) is 5.80. The van der Waals surface area contributed by atoms with Gasteiger partial charge >= 0.3 is 6.09 Å². The minimum Gasteiger partial charge on any atom is -0.465 e. The molecule has 1 atom stereocenters. The number of nitrogens with one attached hydrogen (secondary N) is 2. The molecule has 2 heterocycles. The molecule has 0 saturated carbocycles. The average Bonchev–Trinajstić information content (AvgIpc) is 3.16. The number of thiazole rings is 1. The van der Waals surface area contributed by atoms with Gasteiger partial charge in [0.15, 0.2) is 5.13 Å². The number of hydrogen-bond donors (Lipinski definition) is 3. The van der Waals surface area contributed by atoms with Crippen LogP contribution in [0.3, 0.4) is 0 Å². The minimum absolute atomic E-state index is 0.0790. The summed E-state index contributed by atoms with van der Waals surface area (Å²) in [5, 5.41) is 15.8. The Morgan fingerprint density at radius 3 is 2.64 bits per heavy atom. The lowest BCUT2D eigenvalue weighted by Gasteiger charge is -2.14. The zero-order valence-electron chi connectivity index (χ0n) is 15.0. The molecule has 3 rings (SSSR count). The highest BCUT2D eigenvalue weighted by molar-refractivity contribution is 7.14. The first kappa shape index (κ1) is 19.5. The van der Waals surface area contributed by atoms with Crippen LogP contribution >= 0.6 is 11.3 Å². The third kappa shape index (κ3) is 4.90. The molecule has 0 bridgehead atoms. The summed E-state index contributed by atoms with van der Waals surface area (Å²) < 4.78 is 4.89. The first-order chi connectivity index (χ1) is 13.6. The monoisotopic (exact) mass is 398 g/mol. The molecule has 2 aromatic heterocycles. The number of amides is 2. The standard InChI is InChI=1S/C19H18N4O4S/c1-27-10-15(22-19(25)26)17(24)23-18-21-16(11-28-18)14-4-2-3-13(9-14)12-5-7-20-8-6-12/h2-9,11,15,22H,10H2,1H3,(H,25,26)(H,21,23,24). The van der Waals surface area contributed by atoms with Crippen LogP contribution in [-0.2, 0) is 9.53 Å². The Labute approximate surface area is 165 Å². The molecule has 0 spiro atoms. The van der Waals surface area contributed by atoms with Crippen molar-refractivity contribution >= 4 is 28.5 Å². The predicted octanol–water partition coefficient (Wildman–Crippen LogP) is 3.09. The van der Waals surface area contributed by atoms with E-state index >= 15 is 0 Å². The molecule has 0 aliphatic carbocycles. The second-order valence-corrected chi connectivity index (χ2v) is 6.66. The number of ether oxygens (including phenoxy) is 1. The summed E-state index contributed by atoms with van der Waals surface area (Å²) in [5.74, 6) is -0.532. The SMILES string of the molecule is COCC(NC(=O)O)C(=O)Nc1nc(-c2cccc(-c3ccncc3)c2)cs1. The fraction of sp³-hybridized carbons (Fsp3) is 0.158. The lowest BCUT2D eigenvalue weighted by atomic mass is 10.0. The van der Waals surface area contributed by atoms with Crippen molar-refractivity contribution in [2.75, 3.05) is 19.0 Å². The van der Waals surface area contributed by atoms with Crippen molar-refractivity contribution in [2.45, 2.75) is 6.04 Å². The average molecular weight is 398 g/mol. The van der Waals surface area contributed by atoms with Crippen LogP contribution < -0.4 is 10.6 Å². The summed E-state index contributed by atoms with van der Waals surface area (Å²) in [6, 6.07) is 10.7. The van der Waals surface area contributed by atoms with Gasteiger partial charge in [-0.1, -0.05) is 18.2 Å². The summed E-state index contributed by atoms with van der Waals surface area (Å²) >= 11 is 1.26. The van der Waals surface area contributed by atoms with E-state index in [-0.39, 0.29) is 6.61 Å². The second kappa shape index (κ2) is 9.07. The number of carbonyl (C=O) groups is 2. The van der Waals surface area contributed by atoms with Crippen molar-refractivity contribution in [1.82, 2.24) is 15.3 Å². The smallest absolute Gasteiger partial charge is 0.405 e. The van der Waals surface area contributed by atoms with Crippen LogP contribution in [0.15, 0.2) is 54.2 Å². The van der Waals surface area contributed by atoms with Gasteiger partial charge in [0.2, 0.25) is 0 Å². The molecule has 1 unspecified atom stereocenters. The van der Waals surface area contributed by atoms with E-state index < -0.39 is 18.0 Å². The molecular weight excluding hydrogens is 380 g/mol. The number of methoxy groups -OCH3 is 1. The summed E-state index contributed by atoms with van der Waals surface area (Å²) in [6.07, 6.45) is 2.17. The van der Waals surface area contributed by atoms with Crippen molar-refractivity contribution < 1.29 is 19.4 Å². The van der Waals surface area contributed by atoms with E-state index in [1.54, 1.807) is 12.4 Å².